The topological polar surface area (TPSA) is 63.7 Å². The van der Waals surface area contributed by atoms with Crippen LogP contribution in [-0.2, 0) is 19.4 Å². The maximum absolute atomic E-state index is 13.6. The zero-order chi connectivity index (χ0) is 21.6. The quantitative estimate of drug-likeness (QED) is 0.448. The zero-order valence-electron chi connectivity index (χ0n) is 17.1. The van der Waals surface area contributed by atoms with Crippen LogP contribution in [0.1, 0.15) is 19.8 Å². The monoisotopic (exact) mass is 445 g/mol. The number of sulfone groups is 1. The van der Waals surface area contributed by atoms with Crippen molar-refractivity contribution >= 4 is 27.6 Å². The second-order valence-electron chi connectivity index (χ2n) is 7.19. The van der Waals surface area contributed by atoms with Crippen LogP contribution in [0, 0.1) is 0 Å². The molecule has 0 aromatic heterocycles. The van der Waals surface area contributed by atoms with Crippen molar-refractivity contribution < 1.29 is 17.9 Å². The molecular weight excluding hydrogens is 418 g/mol. The van der Waals surface area contributed by atoms with Gasteiger partial charge in [0.15, 0.2) is 14.6 Å². The van der Waals surface area contributed by atoms with Crippen molar-refractivity contribution in [1.29, 1.82) is 0 Å². The van der Waals surface area contributed by atoms with Crippen LogP contribution < -0.4 is 0 Å². The van der Waals surface area contributed by atoms with Crippen LogP contribution in [0.4, 0.5) is 0 Å². The van der Waals surface area contributed by atoms with Crippen molar-refractivity contribution in [2.45, 2.75) is 39.2 Å². The molecule has 1 aliphatic rings. The summed E-state index contributed by atoms with van der Waals surface area (Å²) in [5.74, 6) is -0.647. The van der Waals surface area contributed by atoms with E-state index in [0.29, 0.717) is 19.6 Å². The Balaban J connectivity index is 1.87. The first-order chi connectivity index (χ1) is 14.4. The van der Waals surface area contributed by atoms with E-state index in [1.165, 1.54) is 0 Å². The number of piperidine rings is 1. The third-order valence-electron chi connectivity index (χ3n) is 5.33. The molecule has 7 heteroatoms. The van der Waals surface area contributed by atoms with Gasteiger partial charge < -0.3 is 4.74 Å². The van der Waals surface area contributed by atoms with Crippen LogP contribution in [0.5, 0.6) is 0 Å². The minimum absolute atomic E-state index is 0.152. The SMILES string of the molecule is C=CCN1CCC(C(=O)OCC)(S(=O)(=O)c2ccc(Sc3ccccc3)cc2)CC1. The van der Waals surface area contributed by atoms with Gasteiger partial charge in [0, 0.05) is 29.4 Å². The first-order valence-corrected chi connectivity index (χ1v) is 12.3. The minimum Gasteiger partial charge on any atom is -0.465 e. The molecule has 30 heavy (non-hydrogen) atoms. The lowest BCUT2D eigenvalue weighted by molar-refractivity contribution is -0.147. The molecule has 0 bridgehead atoms. The van der Waals surface area contributed by atoms with Crippen LogP contribution in [0.15, 0.2) is 81.9 Å². The molecule has 0 N–H and O–H groups in total. The lowest BCUT2D eigenvalue weighted by atomic mass is 9.95. The van der Waals surface area contributed by atoms with E-state index in [2.05, 4.69) is 11.5 Å². The molecule has 0 radical (unpaired) electrons. The molecule has 0 spiro atoms. The molecule has 0 amide bonds. The molecule has 5 nitrogen and oxygen atoms in total. The molecule has 0 unspecified atom stereocenters. The fourth-order valence-electron chi connectivity index (χ4n) is 3.66. The van der Waals surface area contributed by atoms with Crippen LogP contribution in [-0.4, -0.2) is 50.3 Å². The van der Waals surface area contributed by atoms with E-state index in [1.807, 2.05) is 30.3 Å². The number of rotatable bonds is 8. The zero-order valence-corrected chi connectivity index (χ0v) is 18.8. The number of benzene rings is 2. The van der Waals surface area contributed by atoms with Crippen LogP contribution in [0.25, 0.3) is 0 Å². The highest BCUT2D eigenvalue weighted by atomic mass is 32.2. The highest BCUT2D eigenvalue weighted by Gasteiger charge is 2.54. The van der Waals surface area contributed by atoms with Crippen LogP contribution in [0.3, 0.4) is 0 Å². The van der Waals surface area contributed by atoms with E-state index >= 15 is 0 Å². The molecule has 0 saturated carbocycles. The molecule has 0 aliphatic carbocycles. The van der Waals surface area contributed by atoms with Crippen LogP contribution in [0.2, 0.25) is 0 Å². The molecule has 2 aromatic rings. The Hall–Kier alpha value is -2.09. The third-order valence-corrected chi connectivity index (χ3v) is 8.84. The summed E-state index contributed by atoms with van der Waals surface area (Å²) in [6, 6.07) is 16.6. The maximum Gasteiger partial charge on any atom is 0.327 e. The lowest BCUT2D eigenvalue weighted by Crippen LogP contribution is -2.55. The van der Waals surface area contributed by atoms with Gasteiger partial charge in [0.2, 0.25) is 0 Å². The van der Waals surface area contributed by atoms with E-state index in [9.17, 15) is 13.2 Å². The van der Waals surface area contributed by atoms with Gasteiger partial charge in [-0.1, -0.05) is 36.0 Å². The largest absolute Gasteiger partial charge is 0.465 e. The average Bonchev–Trinajstić information content (AvgIpc) is 2.76. The summed E-state index contributed by atoms with van der Waals surface area (Å²) in [6.07, 6.45) is 2.21. The van der Waals surface area contributed by atoms with E-state index in [-0.39, 0.29) is 24.3 Å². The maximum atomic E-state index is 13.6. The fraction of sp³-hybridized carbons (Fsp3) is 0.348. The summed E-state index contributed by atoms with van der Waals surface area (Å²) in [4.78, 5) is 17.1. The van der Waals surface area contributed by atoms with Gasteiger partial charge in [-0.05, 0) is 56.2 Å². The van der Waals surface area contributed by atoms with Gasteiger partial charge >= 0.3 is 5.97 Å². The van der Waals surface area contributed by atoms with Crippen molar-refractivity contribution in [3.8, 4) is 0 Å². The van der Waals surface area contributed by atoms with Gasteiger partial charge in [-0.15, -0.1) is 6.58 Å². The molecule has 160 valence electrons. The summed E-state index contributed by atoms with van der Waals surface area (Å²) >= 11 is 1.56. The number of nitrogens with zero attached hydrogens (tertiary/aromatic N) is 1. The highest BCUT2D eigenvalue weighted by Crippen LogP contribution is 2.38. The predicted molar refractivity (Wildman–Crippen MR) is 119 cm³/mol. The predicted octanol–water partition coefficient (Wildman–Crippen LogP) is 4.20. The number of ether oxygens (including phenoxy) is 1. The van der Waals surface area contributed by atoms with Crippen LogP contribution >= 0.6 is 11.8 Å². The van der Waals surface area contributed by atoms with Crippen molar-refractivity contribution in [3.63, 3.8) is 0 Å². The Morgan fingerprint density at radius 2 is 1.70 bits per heavy atom. The molecule has 1 aliphatic heterocycles. The molecular formula is C23H27NO4S2. The number of carbonyl (C=O) groups excluding carboxylic acids is 1. The van der Waals surface area contributed by atoms with Crippen molar-refractivity contribution in [2.75, 3.05) is 26.2 Å². The van der Waals surface area contributed by atoms with Gasteiger partial charge in [0.1, 0.15) is 0 Å². The van der Waals surface area contributed by atoms with Gasteiger partial charge in [-0.3, -0.25) is 9.69 Å². The minimum atomic E-state index is -3.91. The van der Waals surface area contributed by atoms with Crippen molar-refractivity contribution in [3.05, 3.63) is 67.3 Å². The number of carbonyl (C=O) groups is 1. The van der Waals surface area contributed by atoms with E-state index in [0.717, 1.165) is 9.79 Å². The first-order valence-electron chi connectivity index (χ1n) is 10.0. The number of likely N-dealkylation sites (tertiary alicyclic amines) is 1. The van der Waals surface area contributed by atoms with Crippen molar-refractivity contribution in [1.82, 2.24) is 4.90 Å². The second kappa shape index (κ2) is 9.81. The Labute approximate surface area is 183 Å². The number of hydrogen-bond acceptors (Lipinski definition) is 6. The molecule has 2 aromatic carbocycles. The second-order valence-corrected chi connectivity index (χ2v) is 10.6. The standard InChI is InChI=1S/C23H27NO4S2/c1-3-16-24-17-14-23(15-18-24,22(25)28-4-2)30(26,27)21-12-10-20(11-13-21)29-19-8-6-5-7-9-19/h3,5-13H,1,4,14-18H2,2H3. The van der Waals surface area contributed by atoms with Gasteiger partial charge in [-0.2, -0.15) is 0 Å². The van der Waals surface area contributed by atoms with E-state index in [1.54, 1.807) is 49.0 Å². The molecule has 1 fully saturated rings. The van der Waals surface area contributed by atoms with Gasteiger partial charge in [0.25, 0.3) is 0 Å². The summed E-state index contributed by atoms with van der Waals surface area (Å²) < 4.78 is 30.9. The Bertz CT molecular complexity index is 964. The molecule has 1 saturated heterocycles. The van der Waals surface area contributed by atoms with Gasteiger partial charge in [-0.25, -0.2) is 8.42 Å². The Morgan fingerprint density at radius 1 is 1.10 bits per heavy atom. The smallest absolute Gasteiger partial charge is 0.327 e. The van der Waals surface area contributed by atoms with Gasteiger partial charge in [0.05, 0.1) is 11.5 Å². The first kappa shape index (κ1) is 22.6. The summed E-state index contributed by atoms with van der Waals surface area (Å²) in [5, 5.41) is 0. The Kier molecular flexibility index (Phi) is 7.39. The summed E-state index contributed by atoms with van der Waals surface area (Å²) in [5.41, 5.74) is 0. The fourth-order valence-corrected chi connectivity index (χ4v) is 6.44. The average molecular weight is 446 g/mol. The summed E-state index contributed by atoms with van der Waals surface area (Å²) in [6.45, 7) is 7.27. The molecule has 3 rings (SSSR count). The lowest BCUT2D eigenvalue weighted by Gasteiger charge is -2.38. The normalized spacial score (nSPS) is 16.7. The highest BCUT2D eigenvalue weighted by molar-refractivity contribution is 7.99. The molecule has 0 atom stereocenters. The van der Waals surface area contributed by atoms with E-state index < -0.39 is 20.6 Å². The number of esters is 1. The molecule has 1 heterocycles. The number of hydrogen-bond donors (Lipinski definition) is 0. The van der Waals surface area contributed by atoms with E-state index in [4.69, 9.17) is 4.74 Å². The third kappa shape index (κ3) is 4.63. The van der Waals surface area contributed by atoms with Crippen molar-refractivity contribution in [2.24, 2.45) is 0 Å². The Morgan fingerprint density at radius 3 is 2.27 bits per heavy atom. The summed E-state index contributed by atoms with van der Waals surface area (Å²) in [7, 11) is -3.91.